The van der Waals surface area contributed by atoms with Gasteiger partial charge in [-0.1, -0.05) is 33.8 Å². The molecular formula is C15H25NO. The molecular weight excluding hydrogens is 210 g/mol. The van der Waals surface area contributed by atoms with E-state index in [-0.39, 0.29) is 16.9 Å². The SMILES string of the molecule is C[C@H](O)C(C)(C)CCC(C)(C)c1cccnc1. The second-order valence-electron chi connectivity index (χ2n) is 6.29. The molecule has 0 fully saturated rings. The summed E-state index contributed by atoms with van der Waals surface area (Å²) in [5.74, 6) is 0. The van der Waals surface area contributed by atoms with E-state index in [2.05, 4.69) is 38.7 Å². The van der Waals surface area contributed by atoms with Gasteiger partial charge in [-0.3, -0.25) is 4.98 Å². The third-order valence-electron chi connectivity index (χ3n) is 3.97. The summed E-state index contributed by atoms with van der Waals surface area (Å²) in [6, 6.07) is 4.11. The minimum atomic E-state index is -0.271. The third kappa shape index (κ3) is 3.81. The number of aromatic nitrogens is 1. The molecule has 0 aliphatic heterocycles. The minimum Gasteiger partial charge on any atom is -0.393 e. The van der Waals surface area contributed by atoms with Crippen molar-refractivity contribution in [1.29, 1.82) is 0 Å². The number of nitrogens with zero attached hydrogens (tertiary/aromatic N) is 1. The molecule has 0 radical (unpaired) electrons. The van der Waals surface area contributed by atoms with Crippen LogP contribution in [0.4, 0.5) is 0 Å². The summed E-state index contributed by atoms with van der Waals surface area (Å²) in [7, 11) is 0. The molecule has 0 bridgehead atoms. The van der Waals surface area contributed by atoms with Crippen LogP contribution in [-0.2, 0) is 5.41 Å². The highest BCUT2D eigenvalue weighted by molar-refractivity contribution is 5.19. The van der Waals surface area contributed by atoms with Crippen LogP contribution >= 0.6 is 0 Å². The van der Waals surface area contributed by atoms with Gasteiger partial charge in [-0.15, -0.1) is 0 Å². The van der Waals surface area contributed by atoms with E-state index in [9.17, 15) is 5.11 Å². The van der Waals surface area contributed by atoms with Gasteiger partial charge in [0.15, 0.2) is 0 Å². The number of rotatable bonds is 5. The molecule has 1 aromatic rings. The summed E-state index contributed by atoms with van der Waals surface area (Å²) in [5.41, 5.74) is 1.35. The van der Waals surface area contributed by atoms with Crippen LogP contribution in [0, 0.1) is 5.41 Å². The highest BCUT2D eigenvalue weighted by Gasteiger charge is 2.28. The Hall–Kier alpha value is -0.890. The molecule has 1 rings (SSSR count). The van der Waals surface area contributed by atoms with Crippen molar-refractivity contribution in [2.75, 3.05) is 0 Å². The van der Waals surface area contributed by atoms with Crippen molar-refractivity contribution in [3.05, 3.63) is 30.1 Å². The predicted octanol–water partition coefficient (Wildman–Crippen LogP) is 3.55. The standard InChI is InChI=1S/C15H25NO/c1-12(17)14(2,3)8-9-15(4,5)13-7-6-10-16-11-13/h6-7,10-12,17H,8-9H2,1-5H3/t12-/m0/s1. The summed E-state index contributed by atoms with van der Waals surface area (Å²) < 4.78 is 0. The van der Waals surface area contributed by atoms with Crippen LogP contribution < -0.4 is 0 Å². The maximum absolute atomic E-state index is 9.74. The van der Waals surface area contributed by atoms with Gasteiger partial charge in [-0.05, 0) is 42.2 Å². The fraction of sp³-hybridized carbons (Fsp3) is 0.667. The topological polar surface area (TPSA) is 33.1 Å². The third-order valence-corrected chi connectivity index (χ3v) is 3.97. The normalized spacial score (nSPS) is 14.7. The zero-order valence-electron chi connectivity index (χ0n) is 11.7. The Labute approximate surface area is 105 Å². The summed E-state index contributed by atoms with van der Waals surface area (Å²) in [6.07, 6.45) is 5.53. The van der Waals surface area contributed by atoms with Crippen molar-refractivity contribution in [2.24, 2.45) is 5.41 Å². The molecule has 96 valence electrons. The van der Waals surface area contributed by atoms with Crippen LogP contribution in [0.25, 0.3) is 0 Å². The second kappa shape index (κ2) is 5.18. The zero-order chi connectivity index (χ0) is 13.1. The summed E-state index contributed by atoms with van der Waals surface area (Å²) in [6.45, 7) is 10.6. The molecule has 0 aliphatic rings. The van der Waals surface area contributed by atoms with E-state index in [1.807, 2.05) is 19.2 Å². The van der Waals surface area contributed by atoms with Gasteiger partial charge in [0.05, 0.1) is 6.10 Å². The molecule has 1 aromatic heterocycles. The number of aliphatic hydroxyl groups is 1. The molecule has 0 aromatic carbocycles. The van der Waals surface area contributed by atoms with Crippen molar-refractivity contribution in [2.45, 2.75) is 59.0 Å². The van der Waals surface area contributed by atoms with Gasteiger partial charge in [0.1, 0.15) is 0 Å². The number of hydrogen-bond donors (Lipinski definition) is 1. The molecule has 2 nitrogen and oxygen atoms in total. The quantitative estimate of drug-likeness (QED) is 0.846. The highest BCUT2D eigenvalue weighted by Crippen LogP contribution is 2.35. The smallest absolute Gasteiger partial charge is 0.0563 e. The van der Waals surface area contributed by atoms with E-state index in [1.54, 1.807) is 6.20 Å². The van der Waals surface area contributed by atoms with Gasteiger partial charge in [0, 0.05) is 12.4 Å². The van der Waals surface area contributed by atoms with Crippen molar-refractivity contribution in [3.63, 3.8) is 0 Å². The average Bonchev–Trinajstić information content (AvgIpc) is 2.28. The van der Waals surface area contributed by atoms with Gasteiger partial charge in [-0.2, -0.15) is 0 Å². The van der Waals surface area contributed by atoms with E-state index in [4.69, 9.17) is 0 Å². The lowest BCUT2D eigenvalue weighted by Gasteiger charge is -2.33. The van der Waals surface area contributed by atoms with Crippen LogP contribution in [0.5, 0.6) is 0 Å². The van der Waals surface area contributed by atoms with Crippen LogP contribution in [0.3, 0.4) is 0 Å². The van der Waals surface area contributed by atoms with Gasteiger partial charge < -0.3 is 5.11 Å². The first-order chi connectivity index (χ1) is 7.76. The Balaban J connectivity index is 2.69. The fourth-order valence-corrected chi connectivity index (χ4v) is 1.75. The molecule has 1 atom stereocenters. The Morgan fingerprint density at radius 2 is 1.88 bits per heavy atom. The molecule has 0 saturated heterocycles. The molecule has 0 unspecified atom stereocenters. The van der Waals surface area contributed by atoms with Crippen LogP contribution in [0.2, 0.25) is 0 Å². The van der Waals surface area contributed by atoms with Crippen molar-refractivity contribution >= 4 is 0 Å². The van der Waals surface area contributed by atoms with E-state index in [1.165, 1.54) is 5.56 Å². The molecule has 2 heteroatoms. The lowest BCUT2D eigenvalue weighted by Crippen LogP contribution is -2.29. The second-order valence-corrected chi connectivity index (χ2v) is 6.29. The highest BCUT2D eigenvalue weighted by atomic mass is 16.3. The van der Waals surface area contributed by atoms with Crippen molar-refractivity contribution < 1.29 is 5.11 Å². The maximum Gasteiger partial charge on any atom is 0.0563 e. The van der Waals surface area contributed by atoms with Crippen molar-refractivity contribution in [1.82, 2.24) is 4.98 Å². The van der Waals surface area contributed by atoms with Gasteiger partial charge in [-0.25, -0.2) is 0 Å². The van der Waals surface area contributed by atoms with Gasteiger partial charge in [0.25, 0.3) is 0 Å². The molecule has 1 N–H and O–H groups in total. The maximum atomic E-state index is 9.74. The first kappa shape index (κ1) is 14.2. The first-order valence-corrected chi connectivity index (χ1v) is 6.34. The van der Waals surface area contributed by atoms with Crippen LogP contribution in [-0.4, -0.2) is 16.2 Å². The average molecular weight is 235 g/mol. The van der Waals surface area contributed by atoms with Gasteiger partial charge >= 0.3 is 0 Å². The van der Waals surface area contributed by atoms with Crippen molar-refractivity contribution in [3.8, 4) is 0 Å². The number of pyridine rings is 1. The fourth-order valence-electron chi connectivity index (χ4n) is 1.75. The summed E-state index contributed by atoms with van der Waals surface area (Å²) in [5, 5.41) is 9.74. The Bertz CT molecular complexity index is 341. The predicted molar refractivity (Wildman–Crippen MR) is 72.0 cm³/mol. The number of aliphatic hydroxyl groups excluding tert-OH is 1. The van der Waals surface area contributed by atoms with E-state index >= 15 is 0 Å². The Kier molecular flexibility index (Phi) is 4.31. The zero-order valence-corrected chi connectivity index (χ0v) is 11.7. The Morgan fingerprint density at radius 3 is 2.35 bits per heavy atom. The molecule has 0 amide bonds. The molecule has 1 heterocycles. The molecule has 17 heavy (non-hydrogen) atoms. The lowest BCUT2D eigenvalue weighted by atomic mass is 9.74. The lowest BCUT2D eigenvalue weighted by molar-refractivity contribution is 0.0541. The van der Waals surface area contributed by atoms with Crippen LogP contribution in [0.15, 0.2) is 24.5 Å². The number of hydrogen-bond acceptors (Lipinski definition) is 2. The van der Waals surface area contributed by atoms with E-state index in [0.717, 1.165) is 12.8 Å². The minimum absolute atomic E-state index is 0.0283. The molecule has 0 saturated carbocycles. The first-order valence-electron chi connectivity index (χ1n) is 6.34. The summed E-state index contributed by atoms with van der Waals surface area (Å²) in [4.78, 5) is 4.18. The van der Waals surface area contributed by atoms with E-state index < -0.39 is 0 Å². The summed E-state index contributed by atoms with van der Waals surface area (Å²) >= 11 is 0. The van der Waals surface area contributed by atoms with E-state index in [0.29, 0.717) is 0 Å². The van der Waals surface area contributed by atoms with Crippen LogP contribution in [0.1, 0.15) is 53.0 Å². The van der Waals surface area contributed by atoms with Gasteiger partial charge in [0.2, 0.25) is 0 Å². The molecule has 0 spiro atoms. The monoisotopic (exact) mass is 235 g/mol. The Morgan fingerprint density at radius 1 is 1.24 bits per heavy atom. The largest absolute Gasteiger partial charge is 0.393 e. The molecule has 0 aliphatic carbocycles.